The molecule has 0 unspecified atom stereocenters. The van der Waals surface area contributed by atoms with Gasteiger partial charge in [0, 0.05) is 0 Å². The van der Waals surface area contributed by atoms with Gasteiger partial charge < -0.3 is 1.43 Å². The summed E-state index contributed by atoms with van der Waals surface area (Å²) in [6.07, 6.45) is -2.79. The largest absolute Gasteiger partial charge is 1.00 e. The molecule has 0 fully saturated rings. The molecule has 0 spiro atoms. The molecule has 0 bridgehead atoms. The Bertz CT molecular complexity index is 198. The van der Waals surface area contributed by atoms with Crippen LogP contribution >= 0.6 is 0 Å². The molecule has 70 valence electrons. The van der Waals surface area contributed by atoms with Crippen LogP contribution in [0, 0.1) is 0 Å². The van der Waals surface area contributed by atoms with E-state index >= 15 is 0 Å². The van der Waals surface area contributed by atoms with Crippen molar-refractivity contribution in [3.8, 4) is 0 Å². The first-order chi connectivity index (χ1) is 4.98. The quantitative estimate of drug-likeness (QED) is 0.272. The second-order valence-electron chi connectivity index (χ2n) is 1.32. The van der Waals surface area contributed by atoms with Crippen molar-refractivity contribution in [3.63, 3.8) is 0 Å². The zero-order valence-electron chi connectivity index (χ0n) is 7.49. The Morgan fingerprint density at radius 2 is 2.00 bits per heavy atom. The van der Waals surface area contributed by atoms with Gasteiger partial charge in [-0.25, -0.2) is 17.9 Å². The maximum Gasteiger partial charge on any atom is 1.00 e. The second kappa shape index (κ2) is 6.77. The van der Waals surface area contributed by atoms with Crippen molar-refractivity contribution in [2.24, 2.45) is 0 Å². The molecule has 0 radical (unpaired) electrons. The van der Waals surface area contributed by atoms with Crippen LogP contribution in [0.2, 0.25) is 0 Å². The van der Waals surface area contributed by atoms with Crippen LogP contribution in [0.1, 0.15) is 1.43 Å². The molecule has 12 heavy (non-hydrogen) atoms. The predicted octanol–water partition coefficient (Wildman–Crippen LogP) is -2.79. The van der Waals surface area contributed by atoms with Gasteiger partial charge in [-0.1, -0.05) is 4.33 Å². The molecule has 0 atom stereocenters. The fourth-order valence-corrected chi connectivity index (χ4v) is 0.395. The summed E-state index contributed by atoms with van der Waals surface area (Å²) < 4.78 is 50.0. The normalized spacial score (nSPS) is 11.3. The van der Waals surface area contributed by atoms with Crippen LogP contribution in [0.25, 0.3) is 0 Å². The van der Waals surface area contributed by atoms with Crippen LogP contribution < -0.4 is 18.9 Å². The van der Waals surface area contributed by atoms with Crippen LogP contribution in [0.5, 0.6) is 0 Å². The molecule has 5 nitrogen and oxygen atoms in total. The summed E-state index contributed by atoms with van der Waals surface area (Å²) >= 11 is 0. The van der Waals surface area contributed by atoms with E-state index in [2.05, 4.69) is 13.4 Å². The third-order valence-corrected chi connectivity index (χ3v) is 1.20. The topological polar surface area (TPSA) is 61.8 Å². The van der Waals surface area contributed by atoms with Crippen molar-refractivity contribution >= 4 is 10.4 Å². The molecule has 0 saturated carbocycles. The van der Waals surface area contributed by atoms with E-state index in [1.54, 1.807) is 0 Å². The van der Waals surface area contributed by atoms with E-state index in [1.165, 1.54) is 0 Å². The Kier molecular flexibility index (Phi) is 8.34. The minimum Gasteiger partial charge on any atom is -1.00 e. The van der Waals surface area contributed by atoms with Gasteiger partial charge in [0.25, 0.3) is 6.43 Å². The molecule has 0 rings (SSSR count). The zero-order chi connectivity index (χ0) is 8.91. The molecule has 0 aromatic carbocycles. The van der Waals surface area contributed by atoms with Crippen molar-refractivity contribution < 1.29 is 50.9 Å². The molecular formula is C3H7F2LiO5S. The van der Waals surface area contributed by atoms with Gasteiger partial charge in [0.05, 0.1) is 7.11 Å². The number of hydrogen-bond donors (Lipinski definition) is 0. The molecule has 0 aromatic heterocycles. The number of rotatable bonds is 5. The SMILES string of the molecule is COS(=O)(=O)OOCC(F)F.[H-].[Li+]. The molecule has 0 aromatic rings. The van der Waals surface area contributed by atoms with E-state index < -0.39 is 23.4 Å². The molecule has 0 aliphatic carbocycles. The Morgan fingerprint density at radius 3 is 2.33 bits per heavy atom. The van der Waals surface area contributed by atoms with Gasteiger partial charge in [0.15, 0.2) is 0 Å². The van der Waals surface area contributed by atoms with E-state index in [0.717, 1.165) is 7.11 Å². The number of alkyl halides is 2. The summed E-state index contributed by atoms with van der Waals surface area (Å²) in [7, 11) is -3.46. The van der Waals surface area contributed by atoms with Crippen molar-refractivity contribution in [1.29, 1.82) is 0 Å². The summed E-state index contributed by atoms with van der Waals surface area (Å²) in [4.78, 5) is 3.59. The molecule has 9 heteroatoms. The minimum atomic E-state index is -4.27. The summed E-state index contributed by atoms with van der Waals surface area (Å²) in [5.41, 5.74) is 0. The van der Waals surface area contributed by atoms with Gasteiger partial charge in [-0.05, 0) is 0 Å². The van der Waals surface area contributed by atoms with E-state index in [-0.39, 0.29) is 20.3 Å². The van der Waals surface area contributed by atoms with Gasteiger partial charge in [0.2, 0.25) is 0 Å². The summed E-state index contributed by atoms with van der Waals surface area (Å²) in [5, 5.41) is 0. The van der Waals surface area contributed by atoms with E-state index in [4.69, 9.17) is 0 Å². The van der Waals surface area contributed by atoms with Gasteiger partial charge in [-0.15, -0.1) is 0 Å². The maximum absolute atomic E-state index is 11.3. The van der Waals surface area contributed by atoms with E-state index in [0.29, 0.717) is 0 Å². The Morgan fingerprint density at radius 1 is 1.50 bits per heavy atom. The molecule has 0 aliphatic rings. The van der Waals surface area contributed by atoms with Crippen LogP contribution in [-0.4, -0.2) is 28.6 Å². The first-order valence-corrected chi connectivity index (χ1v) is 3.71. The van der Waals surface area contributed by atoms with Gasteiger partial charge in [-0.2, -0.15) is 8.42 Å². The Labute approximate surface area is 81.9 Å². The summed E-state index contributed by atoms with van der Waals surface area (Å²) in [5.74, 6) is 0. The summed E-state index contributed by atoms with van der Waals surface area (Å²) in [6.45, 7) is -1.12. The minimum absolute atomic E-state index is 0. The fraction of sp³-hybridized carbons (Fsp3) is 1.00. The zero-order valence-corrected chi connectivity index (χ0v) is 7.31. The smallest absolute Gasteiger partial charge is 1.00 e. The molecule has 0 N–H and O–H groups in total. The fourth-order valence-electron chi connectivity index (χ4n) is 0.166. The first-order valence-electron chi connectivity index (χ1n) is 2.37. The van der Waals surface area contributed by atoms with Crippen LogP contribution in [-0.2, 0) is 23.8 Å². The van der Waals surface area contributed by atoms with Crippen molar-refractivity contribution in [1.82, 2.24) is 0 Å². The standard InChI is InChI=1S/C3H6F2O5S.Li.H/c1-8-11(6,7)10-9-2-3(4)5;;/h3H,2H2,1H3;;/q;+1;-1. The second-order valence-corrected chi connectivity index (χ2v) is 2.60. The van der Waals surface area contributed by atoms with Gasteiger partial charge in [-0.3, -0.25) is 0 Å². The van der Waals surface area contributed by atoms with Crippen LogP contribution in [0.15, 0.2) is 0 Å². The van der Waals surface area contributed by atoms with E-state index in [9.17, 15) is 17.2 Å². The Balaban J connectivity index is -0.000000500. The van der Waals surface area contributed by atoms with Crippen LogP contribution in [0.3, 0.4) is 0 Å². The van der Waals surface area contributed by atoms with Crippen molar-refractivity contribution in [2.45, 2.75) is 6.43 Å². The Hall–Kier alpha value is 0.287. The van der Waals surface area contributed by atoms with Gasteiger partial charge >= 0.3 is 29.3 Å². The number of halogens is 2. The van der Waals surface area contributed by atoms with Crippen molar-refractivity contribution in [2.75, 3.05) is 13.7 Å². The van der Waals surface area contributed by atoms with Crippen molar-refractivity contribution in [3.05, 3.63) is 0 Å². The summed E-state index contributed by atoms with van der Waals surface area (Å²) in [6, 6.07) is 0. The average Bonchev–Trinajstić information content (AvgIpc) is 1.87. The molecule has 0 saturated heterocycles. The molecular weight excluding hydrogens is 193 g/mol. The molecule has 0 aliphatic heterocycles. The predicted molar refractivity (Wildman–Crippen MR) is 30.1 cm³/mol. The number of hydrogen-bond acceptors (Lipinski definition) is 5. The third-order valence-electron chi connectivity index (χ3n) is 0.530. The van der Waals surface area contributed by atoms with Crippen LogP contribution in [0.4, 0.5) is 8.78 Å². The van der Waals surface area contributed by atoms with Gasteiger partial charge in [0.1, 0.15) is 6.61 Å². The first kappa shape index (κ1) is 14.8. The monoisotopic (exact) mass is 200 g/mol. The van der Waals surface area contributed by atoms with E-state index in [1.807, 2.05) is 0 Å². The molecule has 0 heterocycles. The molecule has 0 amide bonds. The third kappa shape index (κ3) is 8.38. The average molecular weight is 200 g/mol. The maximum atomic E-state index is 11.3.